The lowest BCUT2D eigenvalue weighted by molar-refractivity contribution is -0.0225. The third-order valence-corrected chi connectivity index (χ3v) is 9.72. The fourth-order valence-electron chi connectivity index (χ4n) is 7.25. The van der Waals surface area contributed by atoms with E-state index >= 15 is 0 Å². The Morgan fingerprint density at radius 2 is 0.378 bits per heavy atom. The Labute approximate surface area is 289 Å². The largest absolute Gasteiger partial charge is 0.298 e. The molecule has 3 saturated carbocycles. The van der Waals surface area contributed by atoms with Crippen molar-refractivity contribution in [2.75, 3.05) is 39.3 Å². The monoisotopic (exact) mass is 640 g/mol. The number of rotatable bonds is 0. The van der Waals surface area contributed by atoms with Gasteiger partial charge in [0.15, 0.2) is 0 Å². The van der Waals surface area contributed by atoms with Crippen LogP contribution in [0.4, 0.5) is 0 Å². The molecule has 0 atom stereocenters. The predicted octanol–water partition coefficient (Wildman–Crippen LogP) is 12.5. The molecular formula is C42H93N3. The van der Waals surface area contributed by atoms with Gasteiger partial charge in [-0.2, -0.15) is 0 Å². The van der Waals surface area contributed by atoms with Crippen molar-refractivity contribution >= 4 is 0 Å². The van der Waals surface area contributed by atoms with Gasteiger partial charge in [0.05, 0.1) is 0 Å². The highest BCUT2D eigenvalue weighted by Crippen LogP contribution is 2.43. The molecule has 0 aromatic heterocycles. The topological polar surface area (TPSA) is 9.72 Å². The Bertz CT molecular complexity index is 514. The summed E-state index contributed by atoms with van der Waals surface area (Å²) in [6.45, 7) is 53.1. The predicted molar refractivity (Wildman–Crippen MR) is 211 cm³/mol. The summed E-state index contributed by atoms with van der Waals surface area (Å²) in [6, 6.07) is 0. The third-order valence-electron chi connectivity index (χ3n) is 9.72. The van der Waals surface area contributed by atoms with Crippen LogP contribution in [0.15, 0.2) is 0 Å². The van der Waals surface area contributed by atoms with Gasteiger partial charge in [-0.05, 0) is 136 Å². The SMILES string of the molecule is CC.CC.CC.CC.CC.CC.CC(C)(C)N1CC2CC(C2)C1.CC(C)(C)N1CC2CC(C2)C1.CC(C)(C)N1CC2CC(C2)C1. The van der Waals surface area contributed by atoms with E-state index in [1.807, 2.05) is 83.1 Å². The van der Waals surface area contributed by atoms with E-state index in [-0.39, 0.29) is 0 Å². The second-order valence-corrected chi connectivity index (χ2v) is 15.8. The van der Waals surface area contributed by atoms with E-state index in [0.29, 0.717) is 16.6 Å². The maximum absolute atomic E-state index is 2.65. The maximum Gasteiger partial charge on any atom is 0.0125 e. The van der Waals surface area contributed by atoms with Gasteiger partial charge in [0.2, 0.25) is 0 Å². The van der Waals surface area contributed by atoms with E-state index in [9.17, 15) is 0 Å². The molecule has 0 unspecified atom stereocenters. The van der Waals surface area contributed by atoms with E-state index in [1.165, 1.54) is 77.8 Å². The van der Waals surface area contributed by atoms with Crippen LogP contribution in [-0.2, 0) is 0 Å². The van der Waals surface area contributed by atoms with Gasteiger partial charge in [-0.1, -0.05) is 83.1 Å². The van der Waals surface area contributed by atoms with Crippen LogP contribution < -0.4 is 0 Å². The first-order chi connectivity index (χ1) is 21.2. The lowest BCUT2D eigenvalue weighted by Gasteiger charge is -2.52. The summed E-state index contributed by atoms with van der Waals surface area (Å²) in [5.74, 6) is 6.29. The molecule has 6 heterocycles. The van der Waals surface area contributed by atoms with Crippen LogP contribution in [0, 0.1) is 35.5 Å². The molecule has 276 valence electrons. The van der Waals surface area contributed by atoms with Gasteiger partial charge in [0.1, 0.15) is 0 Å². The normalized spacial score (nSPS) is 29.0. The summed E-state index contributed by atoms with van der Waals surface area (Å²) in [4.78, 5) is 7.94. The second kappa shape index (κ2) is 24.9. The van der Waals surface area contributed by atoms with Gasteiger partial charge < -0.3 is 0 Å². The molecule has 0 spiro atoms. The second-order valence-electron chi connectivity index (χ2n) is 15.8. The van der Waals surface area contributed by atoms with Crippen LogP contribution in [0.25, 0.3) is 0 Å². The van der Waals surface area contributed by atoms with Crippen LogP contribution in [0.5, 0.6) is 0 Å². The first-order valence-electron chi connectivity index (χ1n) is 20.4. The minimum absolute atomic E-state index is 0.414. The summed E-state index contributed by atoms with van der Waals surface area (Å²) < 4.78 is 0. The minimum Gasteiger partial charge on any atom is -0.298 e. The molecule has 9 rings (SSSR count). The van der Waals surface area contributed by atoms with Crippen molar-refractivity contribution in [3.63, 3.8) is 0 Å². The Kier molecular flexibility index (Phi) is 27.3. The quantitative estimate of drug-likeness (QED) is 0.261. The zero-order chi connectivity index (χ0) is 36.2. The van der Waals surface area contributed by atoms with E-state index in [2.05, 4.69) is 77.0 Å². The molecule has 45 heavy (non-hydrogen) atoms. The zero-order valence-corrected chi connectivity index (χ0v) is 35.8. The summed E-state index contributed by atoms with van der Waals surface area (Å²) in [7, 11) is 0. The highest BCUT2D eigenvalue weighted by molar-refractivity contribution is 4.95. The standard InChI is InChI=1S/3C10H19N.6C2H6/c3*1-10(2,3)11-6-8-4-9(5-8)7-11;6*1-2/h3*8-9H,4-7H2,1-3H3;6*1-2H3. The average molecular weight is 640 g/mol. The lowest BCUT2D eigenvalue weighted by atomic mass is 9.70. The first-order valence-corrected chi connectivity index (χ1v) is 20.4. The molecule has 0 amide bonds. The maximum atomic E-state index is 2.65. The number of hydrogen-bond acceptors (Lipinski definition) is 3. The van der Waals surface area contributed by atoms with Crippen molar-refractivity contribution in [1.29, 1.82) is 0 Å². The third kappa shape index (κ3) is 17.7. The van der Waals surface area contributed by atoms with Gasteiger partial charge in [0.25, 0.3) is 0 Å². The van der Waals surface area contributed by atoms with Gasteiger partial charge in [-0.25, -0.2) is 0 Å². The summed E-state index contributed by atoms with van der Waals surface area (Å²) in [6.07, 6.45) is 9.12. The van der Waals surface area contributed by atoms with Crippen molar-refractivity contribution in [1.82, 2.24) is 14.7 Å². The van der Waals surface area contributed by atoms with Crippen LogP contribution in [0.2, 0.25) is 0 Å². The molecular weight excluding hydrogens is 546 g/mol. The zero-order valence-electron chi connectivity index (χ0n) is 35.8. The van der Waals surface area contributed by atoms with Crippen molar-refractivity contribution < 1.29 is 0 Å². The van der Waals surface area contributed by atoms with Crippen LogP contribution in [0.3, 0.4) is 0 Å². The Balaban J connectivity index is -0.000000503. The molecule has 3 aliphatic carbocycles. The molecule has 0 aromatic carbocycles. The van der Waals surface area contributed by atoms with E-state index in [4.69, 9.17) is 0 Å². The van der Waals surface area contributed by atoms with E-state index in [1.54, 1.807) is 0 Å². The number of nitrogens with zero attached hydrogens (tertiary/aromatic N) is 3. The Morgan fingerprint density at radius 1 is 0.267 bits per heavy atom. The number of piperidine rings is 6. The van der Waals surface area contributed by atoms with E-state index < -0.39 is 0 Å². The Hall–Kier alpha value is -0.120. The lowest BCUT2D eigenvalue weighted by Crippen LogP contribution is -2.55. The van der Waals surface area contributed by atoms with Crippen molar-refractivity contribution in [2.45, 2.75) is 201 Å². The summed E-state index contributed by atoms with van der Waals surface area (Å²) >= 11 is 0. The number of fused-ring (bicyclic) bond motifs is 6. The molecule has 6 saturated heterocycles. The molecule has 3 nitrogen and oxygen atoms in total. The van der Waals surface area contributed by atoms with Crippen molar-refractivity contribution in [3.8, 4) is 0 Å². The minimum atomic E-state index is 0.414. The highest BCUT2D eigenvalue weighted by Gasteiger charge is 2.42. The highest BCUT2D eigenvalue weighted by atomic mass is 15.2. The van der Waals surface area contributed by atoms with Gasteiger partial charge in [0, 0.05) is 55.9 Å². The fraction of sp³-hybridized carbons (Fsp3) is 1.00. The fourth-order valence-corrected chi connectivity index (χ4v) is 7.25. The van der Waals surface area contributed by atoms with Crippen molar-refractivity contribution in [3.05, 3.63) is 0 Å². The molecule has 9 aliphatic rings. The molecule has 6 bridgehead atoms. The van der Waals surface area contributed by atoms with E-state index in [0.717, 1.165) is 35.5 Å². The van der Waals surface area contributed by atoms with Crippen LogP contribution in [-0.4, -0.2) is 70.6 Å². The van der Waals surface area contributed by atoms with Crippen LogP contribution >= 0.6 is 0 Å². The molecule has 9 fully saturated rings. The van der Waals surface area contributed by atoms with Gasteiger partial charge in [-0.15, -0.1) is 0 Å². The van der Waals surface area contributed by atoms with Crippen molar-refractivity contribution in [2.24, 2.45) is 35.5 Å². The van der Waals surface area contributed by atoms with Crippen LogP contribution in [0.1, 0.15) is 184 Å². The van der Waals surface area contributed by atoms with Gasteiger partial charge >= 0.3 is 0 Å². The molecule has 0 N–H and O–H groups in total. The molecule has 6 aliphatic heterocycles. The Morgan fingerprint density at radius 3 is 0.444 bits per heavy atom. The summed E-state index contributed by atoms with van der Waals surface area (Å²) in [5, 5.41) is 0. The molecule has 0 aromatic rings. The smallest absolute Gasteiger partial charge is 0.0125 e. The van der Waals surface area contributed by atoms with Gasteiger partial charge in [-0.3, -0.25) is 14.7 Å². The molecule has 0 radical (unpaired) electrons. The summed E-state index contributed by atoms with van der Waals surface area (Å²) in [5.41, 5.74) is 1.24. The number of hydrogen-bond donors (Lipinski definition) is 0. The first kappa shape index (κ1) is 49.3. The molecule has 3 heteroatoms. The average Bonchev–Trinajstić information content (AvgIpc) is 3.02.